The van der Waals surface area contributed by atoms with Crippen molar-refractivity contribution in [3.63, 3.8) is 0 Å². The van der Waals surface area contributed by atoms with Gasteiger partial charge in [0.25, 0.3) is 0 Å². The molecule has 0 radical (unpaired) electrons. The molecule has 2 saturated carbocycles. The van der Waals surface area contributed by atoms with Gasteiger partial charge in [0.05, 0.1) is 0 Å². The summed E-state index contributed by atoms with van der Waals surface area (Å²) in [6.07, 6.45) is 15.8. The molecule has 0 spiro atoms. The molecule has 0 aromatic rings. The molecule has 0 amide bonds. The van der Waals surface area contributed by atoms with Crippen molar-refractivity contribution in [2.45, 2.75) is 90.9 Å². The van der Waals surface area contributed by atoms with Crippen LogP contribution in [0.5, 0.6) is 0 Å². The van der Waals surface area contributed by atoms with Crippen LogP contribution in [-0.4, -0.2) is 5.78 Å². The standard InChI is InChI=1S/C19H34O/c1-15(2)13-19(20)18(14-17-9-5-6-10-17)12-11-16-7-3-4-8-16/h15-18H,3-14H2,1-2H3. The van der Waals surface area contributed by atoms with Crippen molar-refractivity contribution in [1.82, 2.24) is 0 Å². The maximum absolute atomic E-state index is 12.5. The van der Waals surface area contributed by atoms with Crippen LogP contribution in [0.3, 0.4) is 0 Å². The summed E-state index contributed by atoms with van der Waals surface area (Å²) in [7, 11) is 0. The van der Waals surface area contributed by atoms with Gasteiger partial charge in [-0.05, 0) is 37.0 Å². The summed E-state index contributed by atoms with van der Waals surface area (Å²) >= 11 is 0. The molecule has 1 unspecified atom stereocenters. The van der Waals surface area contributed by atoms with Crippen LogP contribution in [0.15, 0.2) is 0 Å². The van der Waals surface area contributed by atoms with Crippen molar-refractivity contribution in [1.29, 1.82) is 0 Å². The topological polar surface area (TPSA) is 17.1 Å². The van der Waals surface area contributed by atoms with Crippen molar-refractivity contribution in [3.8, 4) is 0 Å². The molecule has 116 valence electrons. The summed E-state index contributed by atoms with van der Waals surface area (Å²) in [6, 6.07) is 0. The van der Waals surface area contributed by atoms with E-state index in [1.165, 1.54) is 70.6 Å². The van der Waals surface area contributed by atoms with Gasteiger partial charge in [0.2, 0.25) is 0 Å². The van der Waals surface area contributed by atoms with Crippen molar-refractivity contribution >= 4 is 5.78 Å². The molecule has 0 N–H and O–H groups in total. The third-order valence-corrected chi connectivity index (χ3v) is 5.56. The molecule has 1 heteroatoms. The highest BCUT2D eigenvalue weighted by Gasteiger charge is 2.26. The second-order valence-corrected chi connectivity index (χ2v) is 7.88. The Balaban J connectivity index is 1.82. The second kappa shape index (κ2) is 8.20. The van der Waals surface area contributed by atoms with E-state index in [1.54, 1.807) is 0 Å². The van der Waals surface area contributed by atoms with Crippen molar-refractivity contribution in [2.75, 3.05) is 0 Å². The Hall–Kier alpha value is -0.330. The highest BCUT2D eigenvalue weighted by Crippen LogP contribution is 2.35. The third-order valence-electron chi connectivity index (χ3n) is 5.56. The zero-order valence-corrected chi connectivity index (χ0v) is 13.7. The minimum absolute atomic E-state index is 0.390. The molecule has 2 rings (SSSR count). The SMILES string of the molecule is CC(C)CC(=O)C(CCC1CCCC1)CC1CCCC1. The normalized spacial score (nSPS) is 22.8. The molecule has 0 bridgehead atoms. The highest BCUT2D eigenvalue weighted by molar-refractivity contribution is 5.81. The van der Waals surface area contributed by atoms with Gasteiger partial charge in [-0.25, -0.2) is 0 Å². The smallest absolute Gasteiger partial charge is 0.136 e. The van der Waals surface area contributed by atoms with E-state index < -0.39 is 0 Å². The Morgan fingerprint density at radius 1 is 0.950 bits per heavy atom. The zero-order chi connectivity index (χ0) is 14.4. The molecule has 0 aromatic carbocycles. The van der Waals surface area contributed by atoms with Gasteiger partial charge < -0.3 is 0 Å². The highest BCUT2D eigenvalue weighted by atomic mass is 16.1. The Bertz CT molecular complexity index is 282. The first-order valence-corrected chi connectivity index (χ1v) is 9.18. The van der Waals surface area contributed by atoms with Crippen LogP contribution < -0.4 is 0 Å². The molecule has 2 aliphatic rings. The van der Waals surface area contributed by atoms with Crippen LogP contribution in [0.25, 0.3) is 0 Å². The number of carbonyl (C=O) groups excluding carboxylic acids is 1. The van der Waals surface area contributed by atoms with E-state index in [-0.39, 0.29) is 0 Å². The Morgan fingerprint density at radius 2 is 1.50 bits per heavy atom. The summed E-state index contributed by atoms with van der Waals surface area (Å²) in [6.45, 7) is 4.36. The maximum atomic E-state index is 12.5. The van der Waals surface area contributed by atoms with E-state index >= 15 is 0 Å². The van der Waals surface area contributed by atoms with Gasteiger partial charge in [0.15, 0.2) is 0 Å². The zero-order valence-electron chi connectivity index (χ0n) is 13.7. The second-order valence-electron chi connectivity index (χ2n) is 7.88. The minimum Gasteiger partial charge on any atom is -0.299 e. The van der Waals surface area contributed by atoms with Gasteiger partial charge in [-0.2, -0.15) is 0 Å². The van der Waals surface area contributed by atoms with Crippen LogP contribution in [0.4, 0.5) is 0 Å². The van der Waals surface area contributed by atoms with E-state index in [0.29, 0.717) is 17.6 Å². The van der Waals surface area contributed by atoms with Crippen molar-refractivity contribution < 1.29 is 4.79 Å². The van der Waals surface area contributed by atoms with E-state index in [2.05, 4.69) is 13.8 Å². The summed E-state index contributed by atoms with van der Waals surface area (Å²) in [4.78, 5) is 12.5. The molecule has 0 saturated heterocycles. The number of hydrogen-bond acceptors (Lipinski definition) is 1. The van der Waals surface area contributed by atoms with Crippen LogP contribution in [0.2, 0.25) is 0 Å². The van der Waals surface area contributed by atoms with Crippen LogP contribution in [-0.2, 0) is 4.79 Å². The fourth-order valence-electron chi connectivity index (χ4n) is 4.36. The van der Waals surface area contributed by atoms with E-state index in [9.17, 15) is 4.79 Å². The first-order chi connectivity index (χ1) is 9.65. The lowest BCUT2D eigenvalue weighted by Crippen LogP contribution is -2.20. The number of carbonyl (C=O) groups is 1. The lowest BCUT2D eigenvalue weighted by Gasteiger charge is -2.22. The molecule has 1 nitrogen and oxygen atoms in total. The average Bonchev–Trinajstić information content (AvgIpc) is 3.06. The summed E-state index contributed by atoms with van der Waals surface area (Å²) in [5, 5.41) is 0. The van der Waals surface area contributed by atoms with Gasteiger partial charge in [-0.15, -0.1) is 0 Å². The Kier molecular flexibility index (Phi) is 6.58. The molecule has 20 heavy (non-hydrogen) atoms. The number of ketones is 1. The minimum atomic E-state index is 0.390. The van der Waals surface area contributed by atoms with Gasteiger partial charge in [-0.3, -0.25) is 4.79 Å². The lowest BCUT2D eigenvalue weighted by molar-refractivity contribution is -0.124. The summed E-state index contributed by atoms with van der Waals surface area (Å²) in [5.41, 5.74) is 0. The van der Waals surface area contributed by atoms with Gasteiger partial charge in [0.1, 0.15) is 5.78 Å². The number of hydrogen-bond donors (Lipinski definition) is 0. The molecule has 2 fully saturated rings. The third kappa shape index (κ3) is 5.22. The predicted molar refractivity (Wildman–Crippen MR) is 85.7 cm³/mol. The van der Waals surface area contributed by atoms with E-state index in [4.69, 9.17) is 0 Å². The molecule has 1 atom stereocenters. The van der Waals surface area contributed by atoms with Crippen LogP contribution >= 0.6 is 0 Å². The average molecular weight is 278 g/mol. The van der Waals surface area contributed by atoms with Gasteiger partial charge in [-0.1, -0.05) is 65.2 Å². The largest absolute Gasteiger partial charge is 0.299 e. The first-order valence-electron chi connectivity index (χ1n) is 9.18. The number of Topliss-reactive ketones (excluding diaryl/α,β-unsaturated/α-hetero) is 1. The molecular formula is C19H34O. The van der Waals surface area contributed by atoms with Crippen LogP contribution in [0, 0.1) is 23.7 Å². The lowest BCUT2D eigenvalue weighted by atomic mass is 9.82. The van der Waals surface area contributed by atoms with E-state index in [0.717, 1.165) is 18.3 Å². The predicted octanol–water partition coefficient (Wildman–Crippen LogP) is 5.77. The Morgan fingerprint density at radius 3 is 2.05 bits per heavy atom. The first kappa shape index (κ1) is 16.0. The fraction of sp³-hybridized carbons (Fsp3) is 0.947. The van der Waals surface area contributed by atoms with E-state index in [1.807, 2.05) is 0 Å². The van der Waals surface area contributed by atoms with Crippen molar-refractivity contribution in [3.05, 3.63) is 0 Å². The van der Waals surface area contributed by atoms with Crippen LogP contribution in [0.1, 0.15) is 90.9 Å². The van der Waals surface area contributed by atoms with Crippen molar-refractivity contribution in [2.24, 2.45) is 23.7 Å². The molecule has 0 heterocycles. The Labute approximate surface area is 125 Å². The molecule has 2 aliphatic carbocycles. The maximum Gasteiger partial charge on any atom is 0.136 e. The number of rotatable bonds is 8. The summed E-state index contributed by atoms with van der Waals surface area (Å²) < 4.78 is 0. The molecule has 0 aliphatic heterocycles. The monoisotopic (exact) mass is 278 g/mol. The quantitative estimate of drug-likeness (QED) is 0.551. The van der Waals surface area contributed by atoms with Gasteiger partial charge in [0, 0.05) is 12.3 Å². The van der Waals surface area contributed by atoms with Gasteiger partial charge >= 0.3 is 0 Å². The molecule has 0 aromatic heterocycles. The fourth-order valence-corrected chi connectivity index (χ4v) is 4.36. The summed E-state index contributed by atoms with van der Waals surface area (Å²) in [5.74, 6) is 3.29. The molecular weight excluding hydrogens is 244 g/mol.